The molecule has 0 amide bonds. The number of methoxy groups -OCH3 is 2. The molecule has 0 aliphatic carbocycles. The fourth-order valence-electron chi connectivity index (χ4n) is 3.71. The van der Waals surface area contributed by atoms with E-state index in [1.807, 2.05) is 30.6 Å². The summed E-state index contributed by atoms with van der Waals surface area (Å²) < 4.78 is 13.0. The molecule has 8 nitrogen and oxygen atoms in total. The third kappa shape index (κ3) is 6.91. The van der Waals surface area contributed by atoms with Gasteiger partial charge in [-0.3, -0.25) is 4.99 Å². The standard InChI is InChI=1S/C22H34N6O2.HI/c1-16(2)14-28-9-7-24-21(28)13-25-22(23-3)26-17-6-8-27(15-17)18-10-19(29-4)12-20(11-18)30-5;/h7,9-12,16-17H,6,8,13-15H2,1-5H3,(H2,23,25,26);1H. The van der Waals surface area contributed by atoms with Crippen LogP contribution in [0.1, 0.15) is 26.1 Å². The second kappa shape index (κ2) is 12.0. The predicted molar refractivity (Wildman–Crippen MR) is 136 cm³/mol. The molecular formula is C22H35IN6O2. The average molecular weight is 542 g/mol. The molecule has 1 unspecified atom stereocenters. The molecule has 0 saturated carbocycles. The van der Waals surface area contributed by atoms with Crippen LogP contribution < -0.4 is 25.0 Å². The lowest BCUT2D eigenvalue weighted by Crippen LogP contribution is -2.44. The Hall–Kier alpha value is -2.17. The van der Waals surface area contributed by atoms with Crippen LogP contribution in [0.25, 0.3) is 0 Å². The van der Waals surface area contributed by atoms with Gasteiger partial charge in [0, 0.05) is 69.0 Å². The lowest BCUT2D eigenvalue weighted by Gasteiger charge is -2.21. The molecule has 0 bridgehead atoms. The molecule has 1 atom stereocenters. The number of hydrogen-bond donors (Lipinski definition) is 2. The molecule has 1 aromatic heterocycles. The van der Waals surface area contributed by atoms with Crippen LogP contribution in [0.15, 0.2) is 35.6 Å². The van der Waals surface area contributed by atoms with Crippen molar-refractivity contribution in [2.75, 3.05) is 39.3 Å². The van der Waals surface area contributed by atoms with Gasteiger partial charge in [-0.15, -0.1) is 24.0 Å². The number of nitrogens with one attached hydrogen (secondary N) is 2. The van der Waals surface area contributed by atoms with Crippen LogP contribution in [0.3, 0.4) is 0 Å². The van der Waals surface area contributed by atoms with E-state index >= 15 is 0 Å². The van der Waals surface area contributed by atoms with Crippen LogP contribution in [0, 0.1) is 5.92 Å². The van der Waals surface area contributed by atoms with Gasteiger partial charge in [-0.2, -0.15) is 0 Å². The quantitative estimate of drug-likeness (QED) is 0.304. The fraction of sp³-hybridized carbons (Fsp3) is 0.545. The molecule has 0 spiro atoms. The summed E-state index contributed by atoms with van der Waals surface area (Å²) in [5, 5.41) is 6.94. The average Bonchev–Trinajstić information content (AvgIpc) is 3.39. The van der Waals surface area contributed by atoms with Crippen molar-refractivity contribution in [2.24, 2.45) is 10.9 Å². The maximum absolute atomic E-state index is 5.41. The van der Waals surface area contributed by atoms with Gasteiger partial charge in [0.05, 0.1) is 20.8 Å². The Bertz CT molecular complexity index is 832. The minimum atomic E-state index is 0. The number of rotatable bonds is 8. The Labute approximate surface area is 202 Å². The largest absolute Gasteiger partial charge is 0.497 e. The SMILES string of the molecule is CN=C(NCc1nccn1CC(C)C)NC1CCN(c2cc(OC)cc(OC)c2)C1.I. The van der Waals surface area contributed by atoms with Gasteiger partial charge in [0.15, 0.2) is 5.96 Å². The third-order valence-electron chi connectivity index (χ3n) is 5.23. The summed E-state index contributed by atoms with van der Waals surface area (Å²) in [6.45, 7) is 7.87. The molecule has 1 aromatic carbocycles. The highest BCUT2D eigenvalue weighted by Gasteiger charge is 2.24. The first-order valence-electron chi connectivity index (χ1n) is 10.5. The van der Waals surface area contributed by atoms with Gasteiger partial charge in [0.1, 0.15) is 17.3 Å². The smallest absolute Gasteiger partial charge is 0.191 e. The Balaban J connectivity index is 0.00000341. The van der Waals surface area contributed by atoms with Gasteiger partial charge in [0.25, 0.3) is 0 Å². The summed E-state index contributed by atoms with van der Waals surface area (Å²) in [7, 11) is 5.15. The van der Waals surface area contributed by atoms with E-state index in [2.05, 4.69) is 43.9 Å². The monoisotopic (exact) mass is 542 g/mol. The van der Waals surface area contributed by atoms with E-state index in [4.69, 9.17) is 9.47 Å². The highest BCUT2D eigenvalue weighted by atomic mass is 127. The number of hydrogen-bond acceptors (Lipinski definition) is 5. The molecule has 9 heteroatoms. The van der Waals surface area contributed by atoms with Crippen LogP contribution >= 0.6 is 24.0 Å². The molecule has 172 valence electrons. The number of imidazole rings is 1. The second-order valence-corrected chi connectivity index (χ2v) is 7.96. The first-order chi connectivity index (χ1) is 14.5. The molecule has 1 fully saturated rings. The molecule has 3 rings (SSSR count). The van der Waals surface area contributed by atoms with Gasteiger partial charge >= 0.3 is 0 Å². The van der Waals surface area contributed by atoms with Crippen molar-refractivity contribution in [3.8, 4) is 11.5 Å². The van der Waals surface area contributed by atoms with Crippen LogP contribution in [0.4, 0.5) is 5.69 Å². The molecule has 1 saturated heterocycles. The molecule has 2 heterocycles. The van der Waals surface area contributed by atoms with Crippen molar-refractivity contribution < 1.29 is 9.47 Å². The Morgan fingerprint density at radius 1 is 1.23 bits per heavy atom. The Morgan fingerprint density at radius 2 is 1.94 bits per heavy atom. The maximum atomic E-state index is 5.41. The zero-order chi connectivity index (χ0) is 21.5. The van der Waals surface area contributed by atoms with Crippen molar-refractivity contribution in [2.45, 2.75) is 39.4 Å². The molecule has 2 N–H and O–H groups in total. The lowest BCUT2D eigenvalue weighted by molar-refractivity contribution is 0.394. The number of nitrogens with zero attached hydrogens (tertiary/aromatic N) is 4. The van der Waals surface area contributed by atoms with E-state index in [0.717, 1.165) is 55.0 Å². The van der Waals surface area contributed by atoms with Crippen LogP contribution in [-0.2, 0) is 13.1 Å². The maximum Gasteiger partial charge on any atom is 0.191 e. The van der Waals surface area contributed by atoms with Gasteiger partial charge in [-0.25, -0.2) is 4.98 Å². The van der Waals surface area contributed by atoms with Crippen molar-refractivity contribution >= 4 is 35.6 Å². The minimum Gasteiger partial charge on any atom is -0.497 e. The number of benzene rings is 1. The van der Waals surface area contributed by atoms with E-state index in [0.29, 0.717) is 18.5 Å². The van der Waals surface area contributed by atoms with E-state index in [1.165, 1.54) is 0 Å². The summed E-state index contributed by atoms with van der Waals surface area (Å²) in [5.41, 5.74) is 1.11. The van der Waals surface area contributed by atoms with Crippen LogP contribution in [0.2, 0.25) is 0 Å². The summed E-state index contributed by atoms with van der Waals surface area (Å²) in [5.74, 6) is 3.99. The van der Waals surface area contributed by atoms with Gasteiger partial charge in [0.2, 0.25) is 0 Å². The normalized spacial score (nSPS) is 16.3. The zero-order valence-electron chi connectivity index (χ0n) is 19.1. The van der Waals surface area contributed by atoms with E-state index in [-0.39, 0.29) is 24.0 Å². The zero-order valence-corrected chi connectivity index (χ0v) is 21.4. The van der Waals surface area contributed by atoms with E-state index < -0.39 is 0 Å². The van der Waals surface area contributed by atoms with Crippen LogP contribution in [-0.4, -0.2) is 55.9 Å². The topological polar surface area (TPSA) is 75.9 Å². The van der Waals surface area contributed by atoms with Crippen molar-refractivity contribution in [3.05, 3.63) is 36.4 Å². The minimum absolute atomic E-state index is 0. The molecule has 2 aromatic rings. The summed E-state index contributed by atoms with van der Waals surface area (Å²) in [6, 6.07) is 6.30. The summed E-state index contributed by atoms with van der Waals surface area (Å²) in [6.07, 6.45) is 4.92. The number of ether oxygens (including phenoxy) is 2. The molecule has 31 heavy (non-hydrogen) atoms. The predicted octanol–water partition coefficient (Wildman–Crippen LogP) is 3.12. The van der Waals surface area contributed by atoms with Gasteiger partial charge in [-0.05, 0) is 12.3 Å². The van der Waals surface area contributed by atoms with Crippen molar-refractivity contribution in [1.82, 2.24) is 20.2 Å². The van der Waals surface area contributed by atoms with Crippen molar-refractivity contribution in [3.63, 3.8) is 0 Å². The Morgan fingerprint density at radius 3 is 2.55 bits per heavy atom. The van der Waals surface area contributed by atoms with Gasteiger partial charge < -0.3 is 29.6 Å². The van der Waals surface area contributed by atoms with Crippen LogP contribution in [0.5, 0.6) is 11.5 Å². The summed E-state index contributed by atoms with van der Waals surface area (Å²) in [4.78, 5) is 11.2. The second-order valence-electron chi connectivity index (χ2n) is 7.96. The first-order valence-corrected chi connectivity index (χ1v) is 10.5. The Kier molecular flexibility index (Phi) is 9.73. The highest BCUT2D eigenvalue weighted by Crippen LogP contribution is 2.30. The first kappa shape index (κ1) is 25.1. The molecular weight excluding hydrogens is 507 g/mol. The number of anilines is 1. The lowest BCUT2D eigenvalue weighted by atomic mass is 10.2. The van der Waals surface area contributed by atoms with E-state index in [1.54, 1.807) is 21.3 Å². The molecule has 1 aliphatic rings. The number of aromatic nitrogens is 2. The fourth-order valence-corrected chi connectivity index (χ4v) is 3.71. The third-order valence-corrected chi connectivity index (χ3v) is 5.23. The summed E-state index contributed by atoms with van der Waals surface area (Å²) >= 11 is 0. The molecule has 1 aliphatic heterocycles. The van der Waals surface area contributed by atoms with Gasteiger partial charge in [-0.1, -0.05) is 13.8 Å². The number of guanidine groups is 1. The van der Waals surface area contributed by atoms with E-state index in [9.17, 15) is 0 Å². The highest BCUT2D eigenvalue weighted by molar-refractivity contribution is 14.0. The molecule has 0 radical (unpaired) electrons. The van der Waals surface area contributed by atoms with Crippen molar-refractivity contribution in [1.29, 1.82) is 0 Å². The number of halogens is 1. The number of aliphatic imine (C=N–C) groups is 1.